The lowest BCUT2D eigenvalue weighted by atomic mass is 9.84. The van der Waals surface area contributed by atoms with Crippen LogP contribution in [0.3, 0.4) is 0 Å². The lowest BCUT2D eigenvalue weighted by Gasteiger charge is -2.42. The number of pyridine rings is 1. The van der Waals surface area contributed by atoms with Crippen LogP contribution in [-0.4, -0.2) is 68.3 Å². The van der Waals surface area contributed by atoms with Crippen molar-refractivity contribution in [3.63, 3.8) is 0 Å². The molecule has 1 amide bonds. The number of rotatable bonds is 6. The van der Waals surface area contributed by atoms with E-state index < -0.39 is 0 Å². The Morgan fingerprint density at radius 3 is 2.56 bits per heavy atom. The van der Waals surface area contributed by atoms with E-state index in [0.717, 1.165) is 19.4 Å². The van der Waals surface area contributed by atoms with Crippen LogP contribution < -0.4 is 10.6 Å². The minimum absolute atomic E-state index is 0.0518. The molecule has 0 bridgehead atoms. The number of aromatic nitrogens is 4. The number of piperidine rings is 1. The van der Waals surface area contributed by atoms with Gasteiger partial charge in [0.15, 0.2) is 0 Å². The highest BCUT2D eigenvalue weighted by Crippen LogP contribution is 2.23. The number of hydrogen-bond donors (Lipinski definition) is 2. The van der Waals surface area contributed by atoms with E-state index in [2.05, 4.69) is 37.6 Å². The molecule has 3 heterocycles. The first kappa shape index (κ1) is 18.1. The van der Waals surface area contributed by atoms with Crippen molar-refractivity contribution in [3.05, 3.63) is 36.5 Å². The lowest BCUT2D eigenvalue weighted by Crippen LogP contribution is -2.60. The van der Waals surface area contributed by atoms with Gasteiger partial charge in [0.05, 0.1) is 0 Å². The normalized spacial score (nSPS) is 23.7. The van der Waals surface area contributed by atoms with Crippen LogP contribution in [0.25, 0.3) is 5.82 Å². The van der Waals surface area contributed by atoms with Crippen LogP contribution in [0.2, 0.25) is 0 Å². The third kappa shape index (κ3) is 4.17. The Kier molecular flexibility index (Phi) is 5.45. The molecule has 2 aromatic rings. The molecule has 1 saturated heterocycles. The summed E-state index contributed by atoms with van der Waals surface area (Å²) in [5.74, 6) is 0.586. The second-order valence-electron chi connectivity index (χ2n) is 7.41. The van der Waals surface area contributed by atoms with Gasteiger partial charge in [-0.1, -0.05) is 6.92 Å². The first-order valence-corrected chi connectivity index (χ1v) is 9.83. The standard InChI is InChI=1S/C19H27N7O/c1-2-25-9-6-15(7-10-25)23-16-3-4-17(16)24-19(27)14-5-8-20-18(11-14)26-12-21-22-13-26/h5,8,11-13,15-17,23H,2-4,6-7,9-10H2,1H3,(H,24,27)/t16-,17+/m1/s1. The fourth-order valence-electron chi connectivity index (χ4n) is 3.86. The molecular weight excluding hydrogens is 342 g/mol. The van der Waals surface area contributed by atoms with Gasteiger partial charge < -0.3 is 15.5 Å². The van der Waals surface area contributed by atoms with Crippen molar-refractivity contribution >= 4 is 5.91 Å². The Labute approximate surface area is 159 Å². The van der Waals surface area contributed by atoms with Crippen molar-refractivity contribution < 1.29 is 4.79 Å². The van der Waals surface area contributed by atoms with Gasteiger partial charge in [0.25, 0.3) is 5.91 Å². The SMILES string of the molecule is CCN1CCC(N[C@@H]2CC[C@@H]2NC(=O)c2ccnc(-n3cnnc3)c2)CC1. The number of nitrogens with zero attached hydrogens (tertiary/aromatic N) is 5. The zero-order valence-electron chi connectivity index (χ0n) is 15.7. The Morgan fingerprint density at radius 1 is 1.15 bits per heavy atom. The number of likely N-dealkylation sites (tertiary alicyclic amines) is 1. The zero-order chi connectivity index (χ0) is 18.6. The van der Waals surface area contributed by atoms with Crippen molar-refractivity contribution in [3.8, 4) is 5.82 Å². The molecule has 0 spiro atoms. The molecule has 0 unspecified atom stereocenters. The maximum absolute atomic E-state index is 12.7. The summed E-state index contributed by atoms with van der Waals surface area (Å²) in [6, 6.07) is 4.66. The average molecular weight is 369 g/mol. The van der Waals surface area contributed by atoms with Gasteiger partial charge in [0.2, 0.25) is 0 Å². The molecule has 0 aromatic carbocycles. The molecule has 0 radical (unpaired) electrons. The quantitative estimate of drug-likeness (QED) is 0.790. The maximum atomic E-state index is 12.7. The molecule has 1 saturated carbocycles. The van der Waals surface area contributed by atoms with Gasteiger partial charge in [-0.3, -0.25) is 9.36 Å². The Hall–Kier alpha value is -2.32. The van der Waals surface area contributed by atoms with E-state index in [1.165, 1.54) is 25.9 Å². The Morgan fingerprint density at radius 2 is 1.89 bits per heavy atom. The van der Waals surface area contributed by atoms with Gasteiger partial charge in [-0.25, -0.2) is 4.98 Å². The molecule has 8 nitrogen and oxygen atoms in total. The smallest absolute Gasteiger partial charge is 0.251 e. The molecule has 2 N–H and O–H groups in total. The minimum atomic E-state index is -0.0518. The molecule has 8 heteroatoms. The fraction of sp³-hybridized carbons (Fsp3) is 0.579. The number of amides is 1. The van der Waals surface area contributed by atoms with Gasteiger partial charge in [-0.15, -0.1) is 10.2 Å². The first-order chi connectivity index (χ1) is 13.2. The number of nitrogens with one attached hydrogen (secondary N) is 2. The van der Waals surface area contributed by atoms with Crippen LogP contribution in [0.15, 0.2) is 31.0 Å². The zero-order valence-corrected chi connectivity index (χ0v) is 15.7. The van der Waals surface area contributed by atoms with Crippen LogP contribution in [-0.2, 0) is 0 Å². The first-order valence-electron chi connectivity index (χ1n) is 9.83. The van der Waals surface area contributed by atoms with Crippen LogP contribution in [0.5, 0.6) is 0 Å². The molecular formula is C19H27N7O. The molecule has 1 aliphatic carbocycles. The number of carbonyl (C=O) groups excluding carboxylic acids is 1. The summed E-state index contributed by atoms with van der Waals surface area (Å²) in [6.07, 6.45) is 9.32. The lowest BCUT2D eigenvalue weighted by molar-refractivity contribution is 0.0879. The summed E-state index contributed by atoms with van der Waals surface area (Å²) >= 11 is 0. The third-order valence-corrected chi connectivity index (χ3v) is 5.77. The van der Waals surface area contributed by atoms with Gasteiger partial charge in [-0.05, 0) is 57.5 Å². The largest absolute Gasteiger partial charge is 0.348 e. The highest BCUT2D eigenvalue weighted by molar-refractivity contribution is 5.94. The van der Waals surface area contributed by atoms with Crippen LogP contribution in [0, 0.1) is 0 Å². The molecule has 2 aliphatic rings. The molecule has 2 aromatic heterocycles. The third-order valence-electron chi connectivity index (χ3n) is 5.77. The van der Waals surface area contributed by atoms with Crippen molar-refractivity contribution in [2.75, 3.05) is 19.6 Å². The number of carbonyl (C=O) groups is 1. The van der Waals surface area contributed by atoms with Gasteiger partial charge >= 0.3 is 0 Å². The van der Waals surface area contributed by atoms with Crippen LogP contribution >= 0.6 is 0 Å². The summed E-state index contributed by atoms with van der Waals surface area (Å²) in [5.41, 5.74) is 0.607. The number of hydrogen-bond acceptors (Lipinski definition) is 6. The second kappa shape index (κ2) is 8.14. The van der Waals surface area contributed by atoms with E-state index in [4.69, 9.17) is 0 Å². The Balaban J connectivity index is 1.31. The van der Waals surface area contributed by atoms with Crippen molar-refractivity contribution in [1.29, 1.82) is 0 Å². The fourth-order valence-corrected chi connectivity index (χ4v) is 3.86. The van der Waals surface area contributed by atoms with E-state index in [9.17, 15) is 4.79 Å². The molecule has 1 aliphatic heterocycles. The minimum Gasteiger partial charge on any atom is -0.348 e. The summed E-state index contributed by atoms with van der Waals surface area (Å²) < 4.78 is 1.69. The van der Waals surface area contributed by atoms with Gasteiger partial charge in [-0.2, -0.15) is 0 Å². The topological polar surface area (TPSA) is 88.0 Å². The summed E-state index contributed by atoms with van der Waals surface area (Å²) in [7, 11) is 0. The van der Waals surface area contributed by atoms with E-state index >= 15 is 0 Å². The van der Waals surface area contributed by atoms with E-state index in [0.29, 0.717) is 23.5 Å². The second-order valence-corrected chi connectivity index (χ2v) is 7.41. The predicted octanol–water partition coefficient (Wildman–Crippen LogP) is 0.997. The van der Waals surface area contributed by atoms with Gasteiger partial charge in [0.1, 0.15) is 18.5 Å². The van der Waals surface area contributed by atoms with E-state index in [1.54, 1.807) is 35.6 Å². The highest BCUT2D eigenvalue weighted by Gasteiger charge is 2.34. The van der Waals surface area contributed by atoms with E-state index in [-0.39, 0.29) is 11.9 Å². The maximum Gasteiger partial charge on any atom is 0.251 e. The van der Waals surface area contributed by atoms with Gasteiger partial charge in [0, 0.05) is 29.9 Å². The molecule has 2 atom stereocenters. The Bertz CT molecular complexity index is 755. The molecule has 27 heavy (non-hydrogen) atoms. The molecule has 144 valence electrons. The molecule has 2 fully saturated rings. The van der Waals surface area contributed by atoms with Crippen molar-refractivity contribution in [2.45, 2.75) is 50.7 Å². The molecule has 4 rings (SSSR count). The van der Waals surface area contributed by atoms with Crippen molar-refractivity contribution in [1.82, 2.24) is 35.3 Å². The monoisotopic (exact) mass is 369 g/mol. The van der Waals surface area contributed by atoms with Crippen LogP contribution in [0.1, 0.15) is 43.0 Å². The highest BCUT2D eigenvalue weighted by atomic mass is 16.1. The van der Waals surface area contributed by atoms with E-state index in [1.807, 2.05) is 0 Å². The predicted molar refractivity (Wildman–Crippen MR) is 102 cm³/mol. The summed E-state index contributed by atoms with van der Waals surface area (Å²) in [6.45, 7) is 5.69. The van der Waals surface area contributed by atoms with Crippen molar-refractivity contribution in [2.24, 2.45) is 0 Å². The van der Waals surface area contributed by atoms with Crippen LogP contribution in [0.4, 0.5) is 0 Å². The summed E-state index contributed by atoms with van der Waals surface area (Å²) in [5, 5.41) is 14.5. The summed E-state index contributed by atoms with van der Waals surface area (Å²) in [4.78, 5) is 19.4. The average Bonchev–Trinajstić information content (AvgIpc) is 3.25.